The van der Waals surface area contributed by atoms with Crippen LogP contribution in [-0.4, -0.2) is 64.8 Å². The molecule has 0 bridgehead atoms. The minimum atomic E-state index is -0.740. The second kappa shape index (κ2) is 8.89. The number of benzene rings is 1. The predicted molar refractivity (Wildman–Crippen MR) is 110 cm³/mol. The minimum Gasteiger partial charge on any atom is -0.372 e. The van der Waals surface area contributed by atoms with Gasteiger partial charge in [0.05, 0.1) is 17.9 Å². The maximum absolute atomic E-state index is 10.8. The zero-order valence-corrected chi connectivity index (χ0v) is 16.9. The standard InChI is InChI=1S/C22H28ClN3O2/c23-19-6-10-24-20(16-19)21(27)26-14-15-28-22(17-26)8-12-25(13-9-22)11-7-18-4-2-1-3-5-18/h1-6,10,16,21,27H,7-9,11-15,17H2. The number of halogens is 1. The highest BCUT2D eigenvalue weighted by Gasteiger charge is 2.41. The van der Waals surface area contributed by atoms with Gasteiger partial charge in [-0.3, -0.25) is 9.88 Å². The van der Waals surface area contributed by atoms with E-state index in [1.807, 2.05) is 0 Å². The number of nitrogens with zero attached hydrogens (tertiary/aromatic N) is 3. The topological polar surface area (TPSA) is 48.8 Å². The van der Waals surface area contributed by atoms with Crippen molar-refractivity contribution < 1.29 is 9.84 Å². The normalized spacial score (nSPS) is 21.6. The molecule has 0 saturated carbocycles. The van der Waals surface area contributed by atoms with Crippen molar-refractivity contribution in [2.45, 2.75) is 31.1 Å². The van der Waals surface area contributed by atoms with E-state index in [4.69, 9.17) is 16.3 Å². The Balaban J connectivity index is 1.32. The molecule has 2 fully saturated rings. The zero-order chi connectivity index (χ0) is 19.4. The fourth-order valence-electron chi connectivity index (χ4n) is 4.25. The van der Waals surface area contributed by atoms with Crippen molar-refractivity contribution in [1.29, 1.82) is 0 Å². The maximum Gasteiger partial charge on any atom is 0.150 e. The average Bonchev–Trinajstić information content (AvgIpc) is 2.74. The van der Waals surface area contributed by atoms with E-state index >= 15 is 0 Å². The molecule has 0 radical (unpaired) electrons. The van der Waals surface area contributed by atoms with Crippen LogP contribution in [0.25, 0.3) is 0 Å². The van der Waals surface area contributed by atoms with Crippen molar-refractivity contribution in [2.24, 2.45) is 0 Å². The highest BCUT2D eigenvalue weighted by atomic mass is 35.5. The third-order valence-corrected chi connectivity index (χ3v) is 6.19. The van der Waals surface area contributed by atoms with Crippen LogP contribution < -0.4 is 0 Å². The van der Waals surface area contributed by atoms with Gasteiger partial charge in [-0.05, 0) is 37.0 Å². The first-order valence-corrected chi connectivity index (χ1v) is 10.5. The Morgan fingerprint density at radius 1 is 1.14 bits per heavy atom. The fourth-order valence-corrected chi connectivity index (χ4v) is 4.42. The molecule has 3 heterocycles. The molecule has 2 aromatic rings. The third-order valence-electron chi connectivity index (χ3n) is 5.96. The number of aromatic nitrogens is 1. The summed E-state index contributed by atoms with van der Waals surface area (Å²) >= 11 is 6.06. The molecule has 6 heteroatoms. The molecule has 2 saturated heterocycles. The highest BCUT2D eigenvalue weighted by molar-refractivity contribution is 6.30. The first-order valence-electron chi connectivity index (χ1n) is 10.1. The van der Waals surface area contributed by atoms with Crippen LogP contribution in [0.2, 0.25) is 5.02 Å². The van der Waals surface area contributed by atoms with Crippen LogP contribution in [0.5, 0.6) is 0 Å². The van der Waals surface area contributed by atoms with Gasteiger partial charge in [-0.15, -0.1) is 0 Å². The minimum absolute atomic E-state index is 0.166. The summed E-state index contributed by atoms with van der Waals surface area (Å²) in [6.07, 6.45) is 3.97. The maximum atomic E-state index is 10.8. The van der Waals surface area contributed by atoms with E-state index in [0.29, 0.717) is 23.9 Å². The molecule has 1 aromatic carbocycles. The fraction of sp³-hybridized carbons (Fsp3) is 0.500. The lowest BCUT2D eigenvalue weighted by molar-refractivity contribution is -0.168. The van der Waals surface area contributed by atoms with E-state index in [0.717, 1.165) is 45.4 Å². The van der Waals surface area contributed by atoms with Crippen LogP contribution in [-0.2, 0) is 11.2 Å². The van der Waals surface area contributed by atoms with E-state index in [1.54, 1.807) is 18.3 Å². The lowest BCUT2D eigenvalue weighted by Gasteiger charge is -2.48. The molecule has 5 nitrogen and oxygen atoms in total. The Morgan fingerprint density at radius 2 is 1.93 bits per heavy atom. The second-order valence-corrected chi connectivity index (χ2v) is 8.29. The molecular weight excluding hydrogens is 374 g/mol. The number of ether oxygens (including phenoxy) is 1. The quantitative estimate of drug-likeness (QED) is 0.834. The van der Waals surface area contributed by atoms with Gasteiger partial charge < -0.3 is 14.7 Å². The van der Waals surface area contributed by atoms with Crippen molar-refractivity contribution in [2.75, 3.05) is 39.3 Å². The van der Waals surface area contributed by atoms with Crippen LogP contribution in [0.1, 0.15) is 30.3 Å². The molecule has 2 aliphatic rings. The smallest absolute Gasteiger partial charge is 0.150 e. The number of aliphatic hydroxyl groups is 1. The summed E-state index contributed by atoms with van der Waals surface area (Å²) in [7, 11) is 0. The lowest BCUT2D eigenvalue weighted by Crippen LogP contribution is -2.57. The molecule has 4 rings (SSSR count). The van der Waals surface area contributed by atoms with Crippen LogP contribution in [0.15, 0.2) is 48.7 Å². The Labute approximate surface area is 171 Å². The molecule has 1 unspecified atom stereocenters. The van der Waals surface area contributed by atoms with Gasteiger partial charge in [0.25, 0.3) is 0 Å². The van der Waals surface area contributed by atoms with Crippen molar-refractivity contribution >= 4 is 11.6 Å². The summed E-state index contributed by atoms with van der Waals surface area (Å²) in [5, 5.41) is 11.4. The van der Waals surface area contributed by atoms with Gasteiger partial charge in [0, 0.05) is 43.9 Å². The van der Waals surface area contributed by atoms with E-state index in [1.165, 1.54) is 5.56 Å². The number of hydrogen-bond acceptors (Lipinski definition) is 5. The molecular formula is C22H28ClN3O2. The Morgan fingerprint density at radius 3 is 2.68 bits per heavy atom. The number of morpholine rings is 1. The van der Waals surface area contributed by atoms with E-state index in [-0.39, 0.29) is 5.60 Å². The number of pyridine rings is 1. The van der Waals surface area contributed by atoms with Crippen molar-refractivity contribution in [1.82, 2.24) is 14.8 Å². The molecule has 2 aliphatic heterocycles. The summed E-state index contributed by atoms with van der Waals surface area (Å²) in [6, 6.07) is 14.1. The van der Waals surface area contributed by atoms with E-state index < -0.39 is 6.23 Å². The van der Waals surface area contributed by atoms with Gasteiger partial charge in [0.15, 0.2) is 6.23 Å². The van der Waals surface area contributed by atoms with Crippen LogP contribution in [0.3, 0.4) is 0 Å². The first-order chi connectivity index (χ1) is 13.6. The highest BCUT2D eigenvalue weighted by Crippen LogP contribution is 2.33. The van der Waals surface area contributed by atoms with Gasteiger partial charge in [0.2, 0.25) is 0 Å². The van der Waals surface area contributed by atoms with Crippen LogP contribution in [0.4, 0.5) is 0 Å². The zero-order valence-electron chi connectivity index (χ0n) is 16.1. The average molecular weight is 402 g/mol. The summed E-state index contributed by atoms with van der Waals surface area (Å²) in [4.78, 5) is 8.88. The SMILES string of the molecule is OC(c1cc(Cl)ccn1)N1CCOC2(CCN(CCc3ccccc3)CC2)C1. The molecule has 28 heavy (non-hydrogen) atoms. The van der Waals surface area contributed by atoms with Crippen molar-refractivity contribution in [3.63, 3.8) is 0 Å². The Kier molecular flexibility index (Phi) is 6.28. The summed E-state index contributed by atoms with van der Waals surface area (Å²) in [5.74, 6) is 0. The monoisotopic (exact) mass is 401 g/mol. The number of likely N-dealkylation sites (tertiary alicyclic amines) is 1. The predicted octanol–water partition coefficient (Wildman–Crippen LogP) is 3.14. The molecule has 1 N–H and O–H groups in total. The Hall–Kier alpha value is -1.50. The third kappa shape index (κ3) is 4.73. The van der Waals surface area contributed by atoms with Gasteiger partial charge in [0.1, 0.15) is 0 Å². The van der Waals surface area contributed by atoms with Crippen molar-refractivity contribution in [3.05, 3.63) is 64.9 Å². The molecule has 1 aromatic heterocycles. The molecule has 1 atom stereocenters. The van der Waals surface area contributed by atoms with Gasteiger partial charge >= 0.3 is 0 Å². The molecule has 0 amide bonds. The van der Waals surface area contributed by atoms with Gasteiger partial charge in [-0.1, -0.05) is 41.9 Å². The largest absolute Gasteiger partial charge is 0.372 e. The summed E-state index contributed by atoms with van der Waals surface area (Å²) < 4.78 is 6.23. The van der Waals surface area contributed by atoms with Crippen molar-refractivity contribution in [3.8, 4) is 0 Å². The lowest BCUT2D eigenvalue weighted by atomic mass is 9.89. The van der Waals surface area contributed by atoms with Gasteiger partial charge in [-0.2, -0.15) is 0 Å². The van der Waals surface area contributed by atoms with Gasteiger partial charge in [-0.25, -0.2) is 0 Å². The first kappa shape index (κ1) is 19.8. The molecule has 1 spiro atoms. The number of aliphatic hydroxyl groups excluding tert-OH is 1. The van der Waals surface area contributed by atoms with E-state index in [9.17, 15) is 5.11 Å². The van der Waals surface area contributed by atoms with E-state index in [2.05, 4.69) is 45.1 Å². The number of rotatable bonds is 5. The number of piperidine rings is 1. The number of hydrogen-bond donors (Lipinski definition) is 1. The molecule has 0 aliphatic carbocycles. The Bertz CT molecular complexity index is 765. The summed E-state index contributed by atoms with van der Waals surface area (Å²) in [5.41, 5.74) is 1.82. The summed E-state index contributed by atoms with van der Waals surface area (Å²) in [6.45, 7) is 5.22. The molecule has 150 valence electrons. The van der Waals surface area contributed by atoms with Crippen LogP contribution >= 0.6 is 11.6 Å². The second-order valence-electron chi connectivity index (χ2n) is 7.85. The van der Waals surface area contributed by atoms with Crippen LogP contribution in [0, 0.1) is 0 Å².